The van der Waals surface area contributed by atoms with Crippen LogP contribution in [0.4, 0.5) is 5.69 Å². The van der Waals surface area contributed by atoms with E-state index in [1.165, 1.54) is 0 Å². The summed E-state index contributed by atoms with van der Waals surface area (Å²) >= 11 is 3.41. The van der Waals surface area contributed by atoms with Crippen LogP contribution in [0.2, 0.25) is 0 Å². The van der Waals surface area contributed by atoms with Gasteiger partial charge in [0.15, 0.2) is 5.58 Å². The van der Waals surface area contributed by atoms with E-state index in [1.807, 2.05) is 44.2 Å². The van der Waals surface area contributed by atoms with Gasteiger partial charge >= 0.3 is 0 Å². The number of fused-ring (bicyclic) bond motifs is 1. The Bertz CT molecular complexity index is 1220. The third kappa shape index (κ3) is 3.58. The fourth-order valence-corrected chi connectivity index (χ4v) is 3.53. The Morgan fingerprint density at radius 2 is 1.82 bits per heavy atom. The average molecular weight is 435 g/mol. The number of nitrogens with zero attached hydrogens (tertiary/aromatic N) is 2. The molecule has 1 heterocycles. The van der Waals surface area contributed by atoms with Gasteiger partial charge in [0.1, 0.15) is 11.3 Å². The topological polar surface area (TPSA) is 58.6 Å². The number of phenolic OH excluding ortho intramolecular Hbond substituents is 1. The molecule has 0 bridgehead atoms. The van der Waals surface area contributed by atoms with Crippen LogP contribution in [-0.4, -0.2) is 16.3 Å². The Balaban J connectivity index is 1.74. The maximum Gasteiger partial charge on any atom is 0.227 e. The molecule has 4 aromatic rings. The van der Waals surface area contributed by atoms with E-state index in [2.05, 4.69) is 38.9 Å². The first-order valence-electron chi connectivity index (χ1n) is 8.92. The van der Waals surface area contributed by atoms with Crippen molar-refractivity contribution in [3.63, 3.8) is 0 Å². The Labute approximate surface area is 171 Å². The molecule has 3 aromatic carbocycles. The minimum absolute atomic E-state index is 0.186. The van der Waals surface area contributed by atoms with Crippen LogP contribution in [0.3, 0.4) is 0 Å². The van der Waals surface area contributed by atoms with Crippen molar-refractivity contribution in [2.24, 2.45) is 4.99 Å². The molecule has 1 aromatic heterocycles. The van der Waals surface area contributed by atoms with Crippen LogP contribution in [0, 0.1) is 20.8 Å². The van der Waals surface area contributed by atoms with Gasteiger partial charge in [-0.05, 0) is 73.9 Å². The summed E-state index contributed by atoms with van der Waals surface area (Å²) in [6.45, 7) is 6.08. The molecule has 4 rings (SSSR count). The van der Waals surface area contributed by atoms with Crippen molar-refractivity contribution in [2.75, 3.05) is 0 Å². The Kier molecular flexibility index (Phi) is 4.77. The number of aromatic hydroxyl groups is 1. The minimum Gasteiger partial charge on any atom is -0.507 e. The Morgan fingerprint density at radius 3 is 2.64 bits per heavy atom. The molecular weight excluding hydrogens is 416 g/mol. The molecule has 0 aliphatic carbocycles. The normalized spacial score (nSPS) is 11.6. The van der Waals surface area contributed by atoms with Crippen LogP contribution in [0.15, 0.2) is 62.4 Å². The summed E-state index contributed by atoms with van der Waals surface area (Å²) < 4.78 is 6.91. The molecule has 0 saturated heterocycles. The summed E-state index contributed by atoms with van der Waals surface area (Å²) in [5, 5.41) is 10.0. The van der Waals surface area contributed by atoms with Crippen LogP contribution in [0.5, 0.6) is 5.75 Å². The largest absolute Gasteiger partial charge is 0.507 e. The van der Waals surface area contributed by atoms with Crippen LogP contribution in [0.25, 0.3) is 22.6 Å². The zero-order valence-corrected chi connectivity index (χ0v) is 17.4. The molecule has 140 valence electrons. The van der Waals surface area contributed by atoms with Gasteiger partial charge in [0, 0.05) is 21.8 Å². The van der Waals surface area contributed by atoms with Crippen LogP contribution >= 0.6 is 15.9 Å². The highest BCUT2D eigenvalue weighted by atomic mass is 79.9. The monoisotopic (exact) mass is 434 g/mol. The molecule has 28 heavy (non-hydrogen) atoms. The van der Waals surface area contributed by atoms with E-state index in [4.69, 9.17) is 4.42 Å². The fourth-order valence-electron chi connectivity index (χ4n) is 3.15. The lowest BCUT2D eigenvalue weighted by Gasteiger charge is -2.03. The zero-order valence-electron chi connectivity index (χ0n) is 15.8. The smallest absolute Gasteiger partial charge is 0.227 e. The van der Waals surface area contributed by atoms with Gasteiger partial charge in [-0.3, -0.25) is 4.99 Å². The fraction of sp³-hybridized carbons (Fsp3) is 0.130. The van der Waals surface area contributed by atoms with Gasteiger partial charge in [0.05, 0.1) is 5.69 Å². The van der Waals surface area contributed by atoms with E-state index < -0.39 is 0 Å². The summed E-state index contributed by atoms with van der Waals surface area (Å²) in [6, 6.07) is 15.3. The lowest BCUT2D eigenvalue weighted by Crippen LogP contribution is -1.84. The quantitative estimate of drug-likeness (QED) is 0.367. The van der Waals surface area contributed by atoms with E-state index in [0.29, 0.717) is 11.5 Å². The van der Waals surface area contributed by atoms with Gasteiger partial charge in [0.2, 0.25) is 5.89 Å². The number of aliphatic imine (C=N–C) groups is 1. The third-order valence-corrected chi connectivity index (χ3v) is 5.10. The number of rotatable bonds is 3. The van der Waals surface area contributed by atoms with Gasteiger partial charge in [-0.1, -0.05) is 28.1 Å². The highest BCUT2D eigenvalue weighted by Crippen LogP contribution is 2.31. The van der Waals surface area contributed by atoms with E-state index in [1.54, 1.807) is 18.3 Å². The van der Waals surface area contributed by atoms with Crippen LogP contribution in [0.1, 0.15) is 22.3 Å². The number of hydrogen-bond acceptors (Lipinski definition) is 4. The summed E-state index contributed by atoms with van der Waals surface area (Å²) in [5.74, 6) is 0.760. The summed E-state index contributed by atoms with van der Waals surface area (Å²) in [4.78, 5) is 9.23. The van der Waals surface area contributed by atoms with Crippen LogP contribution in [-0.2, 0) is 0 Å². The number of halogens is 1. The molecule has 4 nitrogen and oxygen atoms in total. The van der Waals surface area contributed by atoms with Gasteiger partial charge < -0.3 is 9.52 Å². The number of phenols is 1. The van der Waals surface area contributed by atoms with Crippen LogP contribution < -0.4 is 0 Å². The van der Waals surface area contributed by atoms with Crippen molar-refractivity contribution >= 4 is 38.9 Å². The van der Waals surface area contributed by atoms with Crippen molar-refractivity contribution in [1.82, 2.24) is 4.98 Å². The number of aromatic nitrogens is 1. The first-order chi connectivity index (χ1) is 13.4. The SMILES string of the molecule is Cc1cc(C)c2oc(-c3ccc(C)c(N=Cc4cc(Br)ccc4O)c3)nc2c1. The number of oxazole rings is 1. The number of benzene rings is 3. The molecule has 0 atom stereocenters. The standard InChI is InChI=1S/C23H19BrN2O2/c1-13-8-15(3)22-20(9-13)26-23(28-22)16-5-4-14(2)19(11-16)25-12-17-10-18(24)6-7-21(17)27/h4-12,27H,1-3H3. The van der Waals surface area contributed by atoms with E-state index in [9.17, 15) is 5.11 Å². The van der Waals surface area contributed by atoms with E-state index in [0.717, 1.165) is 43.5 Å². The highest BCUT2D eigenvalue weighted by molar-refractivity contribution is 9.10. The Morgan fingerprint density at radius 1 is 1.00 bits per heavy atom. The second-order valence-electron chi connectivity index (χ2n) is 6.91. The lowest BCUT2D eigenvalue weighted by molar-refractivity contribution is 0.474. The molecule has 5 heteroatoms. The van der Waals surface area contributed by atoms with Crippen molar-refractivity contribution in [3.05, 3.63) is 75.3 Å². The van der Waals surface area contributed by atoms with Gasteiger partial charge in [-0.15, -0.1) is 0 Å². The molecule has 0 unspecified atom stereocenters. The molecule has 0 radical (unpaired) electrons. The molecule has 0 amide bonds. The lowest BCUT2D eigenvalue weighted by atomic mass is 10.1. The summed E-state index contributed by atoms with van der Waals surface area (Å²) in [6.07, 6.45) is 1.66. The van der Waals surface area contributed by atoms with E-state index >= 15 is 0 Å². The second-order valence-corrected chi connectivity index (χ2v) is 7.83. The third-order valence-electron chi connectivity index (χ3n) is 4.61. The van der Waals surface area contributed by atoms with Gasteiger partial charge in [0.25, 0.3) is 0 Å². The van der Waals surface area contributed by atoms with Crippen molar-refractivity contribution in [2.45, 2.75) is 20.8 Å². The first kappa shape index (κ1) is 18.4. The average Bonchev–Trinajstić information content (AvgIpc) is 3.08. The second kappa shape index (κ2) is 7.24. The van der Waals surface area contributed by atoms with Crippen molar-refractivity contribution in [1.29, 1.82) is 0 Å². The maximum atomic E-state index is 10.0. The molecule has 1 N–H and O–H groups in total. The van der Waals surface area contributed by atoms with Crippen molar-refractivity contribution in [3.8, 4) is 17.2 Å². The highest BCUT2D eigenvalue weighted by Gasteiger charge is 2.12. The molecule has 0 aliphatic heterocycles. The maximum absolute atomic E-state index is 10.0. The van der Waals surface area contributed by atoms with E-state index in [-0.39, 0.29) is 5.75 Å². The number of hydrogen-bond donors (Lipinski definition) is 1. The molecule has 0 aliphatic rings. The van der Waals surface area contributed by atoms with Gasteiger partial charge in [-0.2, -0.15) is 0 Å². The molecular formula is C23H19BrN2O2. The van der Waals surface area contributed by atoms with Crippen molar-refractivity contribution < 1.29 is 9.52 Å². The number of aryl methyl sites for hydroxylation is 3. The predicted molar refractivity (Wildman–Crippen MR) is 117 cm³/mol. The first-order valence-corrected chi connectivity index (χ1v) is 9.71. The zero-order chi connectivity index (χ0) is 19.8. The van der Waals surface area contributed by atoms with Gasteiger partial charge in [-0.25, -0.2) is 4.98 Å². The predicted octanol–water partition coefficient (Wildman–Crippen LogP) is 6.64. The molecule has 0 fully saturated rings. The summed E-state index contributed by atoms with van der Waals surface area (Å²) in [5.41, 5.74) is 7.24. The molecule has 0 saturated carbocycles. The molecule has 0 spiro atoms. The minimum atomic E-state index is 0.186. The summed E-state index contributed by atoms with van der Waals surface area (Å²) in [7, 11) is 0. The Hall–Kier alpha value is -2.92.